The smallest absolute Gasteiger partial charge is 0.163 e. The number of halogens is 2. The topological polar surface area (TPSA) is 41.5 Å². The molecule has 1 fully saturated rings. The minimum absolute atomic E-state index is 0.00944. The molecule has 0 spiro atoms. The first kappa shape index (κ1) is 12.5. The fourth-order valence-electron chi connectivity index (χ4n) is 2.25. The average Bonchev–Trinajstić information content (AvgIpc) is 2.35. The maximum atomic E-state index is 13.6. The van der Waals surface area contributed by atoms with Gasteiger partial charge < -0.3 is 15.2 Å². The molecule has 0 saturated carbocycles. The second-order valence-electron chi connectivity index (χ2n) is 4.16. The van der Waals surface area contributed by atoms with Crippen LogP contribution in [0.2, 0.25) is 5.02 Å². The van der Waals surface area contributed by atoms with Crippen molar-refractivity contribution < 1.29 is 14.2 Å². The maximum Gasteiger partial charge on any atom is 0.163 e. The highest BCUT2D eigenvalue weighted by Gasteiger charge is 2.25. The lowest BCUT2D eigenvalue weighted by atomic mass is 9.89. The van der Waals surface area contributed by atoms with Gasteiger partial charge >= 0.3 is 0 Å². The molecular weight excluding hydrogens is 245 g/mol. The van der Waals surface area contributed by atoms with Gasteiger partial charge in [-0.25, -0.2) is 4.39 Å². The first-order chi connectivity index (χ1) is 8.15. The van der Waals surface area contributed by atoms with E-state index in [0.717, 1.165) is 32.0 Å². The summed E-state index contributed by atoms with van der Waals surface area (Å²) in [6.07, 6.45) is 1.67. The molecule has 1 aromatic carbocycles. The van der Waals surface area contributed by atoms with Crippen LogP contribution in [0, 0.1) is 5.82 Å². The van der Waals surface area contributed by atoms with E-state index in [1.54, 1.807) is 0 Å². The van der Waals surface area contributed by atoms with E-state index in [9.17, 15) is 9.50 Å². The largest absolute Gasteiger partial charge is 0.504 e. The maximum absolute atomic E-state index is 13.6. The van der Waals surface area contributed by atoms with Crippen molar-refractivity contribution in [3.8, 4) is 11.5 Å². The van der Waals surface area contributed by atoms with Crippen LogP contribution >= 0.6 is 11.6 Å². The number of benzene rings is 1. The van der Waals surface area contributed by atoms with E-state index in [-0.39, 0.29) is 22.4 Å². The number of nitrogens with one attached hydrogen (secondary N) is 1. The van der Waals surface area contributed by atoms with Crippen molar-refractivity contribution in [2.75, 3.05) is 20.2 Å². The predicted octanol–water partition coefficient (Wildman–Crippen LogP) is 2.66. The monoisotopic (exact) mass is 259 g/mol. The molecule has 0 atom stereocenters. The summed E-state index contributed by atoms with van der Waals surface area (Å²) in [5.74, 6) is -0.366. The molecule has 94 valence electrons. The number of ether oxygens (including phenoxy) is 1. The van der Waals surface area contributed by atoms with E-state index in [1.165, 1.54) is 7.11 Å². The summed E-state index contributed by atoms with van der Waals surface area (Å²) in [5.41, 5.74) is 0.477. The second-order valence-corrected chi connectivity index (χ2v) is 4.54. The summed E-state index contributed by atoms with van der Waals surface area (Å²) < 4.78 is 18.6. The Morgan fingerprint density at radius 3 is 2.71 bits per heavy atom. The molecule has 0 aliphatic carbocycles. The zero-order chi connectivity index (χ0) is 12.4. The lowest BCUT2D eigenvalue weighted by Crippen LogP contribution is -2.27. The zero-order valence-electron chi connectivity index (χ0n) is 9.59. The van der Waals surface area contributed by atoms with Crippen molar-refractivity contribution in [1.82, 2.24) is 5.32 Å². The van der Waals surface area contributed by atoms with Crippen LogP contribution in [0.4, 0.5) is 4.39 Å². The highest BCUT2D eigenvalue weighted by molar-refractivity contribution is 6.31. The Morgan fingerprint density at radius 1 is 1.47 bits per heavy atom. The quantitative estimate of drug-likeness (QED) is 0.858. The van der Waals surface area contributed by atoms with Gasteiger partial charge in [0.1, 0.15) is 5.82 Å². The number of phenols is 1. The Kier molecular flexibility index (Phi) is 3.74. The molecule has 1 aliphatic heterocycles. The third kappa shape index (κ3) is 2.33. The number of methoxy groups -OCH3 is 1. The highest BCUT2D eigenvalue weighted by atomic mass is 35.5. The molecule has 0 bridgehead atoms. The van der Waals surface area contributed by atoms with Crippen LogP contribution in [-0.4, -0.2) is 25.3 Å². The lowest BCUT2D eigenvalue weighted by Gasteiger charge is -2.25. The highest BCUT2D eigenvalue weighted by Crippen LogP contribution is 2.43. The van der Waals surface area contributed by atoms with Gasteiger partial charge in [-0.05, 0) is 31.8 Å². The molecule has 5 heteroatoms. The Hall–Kier alpha value is -1.00. The van der Waals surface area contributed by atoms with Crippen LogP contribution < -0.4 is 10.1 Å². The Balaban J connectivity index is 2.46. The molecule has 3 nitrogen and oxygen atoms in total. The van der Waals surface area contributed by atoms with Gasteiger partial charge in [0.25, 0.3) is 0 Å². The molecule has 0 amide bonds. The van der Waals surface area contributed by atoms with Gasteiger partial charge in [0.2, 0.25) is 0 Å². The average molecular weight is 260 g/mol. The van der Waals surface area contributed by atoms with E-state index in [4.69, 9.17) is 16.3 Å². The van der Waals surface area contributed by atoms with Crippen molar-refractivity contribution in [3.63, 3.8) is 0 Å². The number of hydrogen-bond donors (Lipinski definition) is 2. The van der Waals surface area contributed by atoms with Gasteiger partial charge in [0.15, 0.2) is 11.5 Å². The van der Waals surface area contributed by atoms with Crippen molar-refractivity contribution in [2.45, 2.75) is 18.8 Å². The standard InChI is InChI=1S/C12H15ClFNO2/c1-17-9-6-8(14)11(13)10(12(9)16)7-2-4-15-5-3-7/h6-7,15-16H,2-5H2,1H3. The lowest BCUT2D eigenvalue weighted by molar-refractivity contribution is 0.359. The second kappa shape index (κ2) is 5.10. The number of phenolic OH excluding ortho intramolecular Hbond substituents is 1. The summed E-state index contributed by atoms with van der Waals surface area (Å²) in [7, 11) is 1.40. The summed E-state index contributed by atoms with van der Waals surface area (Å²) in [4.78, 5) is 0. The van der Waals surface area contributed by atoms with E-state index < -0.39 is 5.82 Å². The number of rotatable bonds is 2. The Bertz CT molecular complexity index is 419. The van der Waals surface area contributed by atoms with E-state index in [0.29, 0.717) is 5.56 Å². The normalized spacial score (nSPS) is 17.1. The zero-order valence-corrected chi connectivity index (χ0v) is 10.4. The Morgan fingerprint density at radius 2 is 2.12 bits per heavy atom. The fourth-order valence-corrected chi connectivity index (χ4v) is 2.55. The van der Waals surface area contributed by atoms with Gasteiger partial charge in [0, 0.05) is 11.6 Å². The minimum Gasteiger partial charge on any atom is -0.504 e. The molecule has 1 aliphatic rings. The van der Waals surface area contributed by atoms with Crippen molar-refractivity contribution in [2.24, 2.45) is 0 Å². The third-order valence-corrected chi connectivity index (χ3v) is 3.54. The summed E-state index contributed by atoms with van der Waals surface area (Å²) in [6, 6.07) is 1.11. The Labute approximate surface area is 105 Å². The van der Waals surface area contributed by atoms with Crippen LogP contribution in [0.15, 0.2) is 6.07 Å². The third-order valence-electron chi connectivity index (χ3n) is 3.16. The SMILES string of the molecule is COc1cc(F)c(Cl)c(C2CCNCC2)c1O. The van der Waals surface area contributed by atoms with Gasteiger partial charge in [-0.2, -0.15) is 0 Å². The van der Waals surface area contributed by atoms with Crippen LogP contribution in [0.25, 0.3) is 0 Å². The van der Waals surface area contributed by atoms with Gasteiger partial charge in [-0.15, -0.1) is 0 Å². The summed E-state index contributed by atoms with van der Waals surface area (Å²) in [5, 5.41) is 13.3. The van der Waals surface area contributed by atoms with Gasteiger partial charge in [-0.3, -0.25) is 0 Å². The molecule has 0 aromatic heterocycles. The number of piperidine rings is 1. The molecule has 2 N–H and O–H groups in total. The van der Waals surface area contributed by atoms with Crippen molar-refractivity contribution in [3.05, 3.63) is 22.5 Å². The number of hydrogen-bond acceptors (Lipinski definition) is 3. The predicted molar refractivity (Wildman–Crippen MR) is 64.5 cm³/mol. The molecule has 2 rings (SSSR count). The molecule has 0 unspecified atom stereocenters. The summed E-state index contributed by atoms with van der Waals surface area (Å²) in [6.45, 7) is 1.69. The molecule has 1 saturated heterocycles. The molecular formula is C12H15ClFNO2. The van der Waals surface area contributed by atoms with E-state index in [2.05, 4.69) is 5.32 Å². The first-order valence-electron chi connectivity index (χ1n) is 5.60. The molecule has 0 radical (unpaired) electrons. The van der Waals surface area contributed by atoms with E-state index >= 15 is 0 Å². The number of aromatic hydroxyl groups is 1. The molecule has 1 heterocycles. The fraction of sp³-hybridized carbons (Fsp3) is 0.500. The van der Waals surface area contributed by atoms with Gasteiger partial charge in [0.05, 0.1) is 12.1 Å². The van der Waals surface area contributed by atoms with Crippen LogP contribution in [0.1, 0.15) is 24.3 Å². The van der Waals surface area contributed by atoms with Gasteiger partial charge in [-0.1, -0.05) is 11.6 Å². The van der Waals surface area contributed by atoms with E-state index in [1.807, 2.05) is 0 Å². The first-order valence-corrected chi connectivity index (χ1v) is 5.98. The van der Waals surface area contributed by atoms with Crippen molar-refractivity contribution >= 4 is 11.6 Å². The van der Waals surface area contributed by atoms with Crippen molar-refractivity contribution in [1.29, 1.82) is 0 Å². The molecule has 17 heavy (non-hydrogen) atoms. The summed E-state index contributed by atoms with van der Waals surface area (Å²) >= 11 is 5.95. The van der Waals surface area contributed by atoms with Crippen LogP contribution in [0.5, 0.6) is 11.5 Å². The molecule has 1 aromatic rings. The minimum atomic E-state index is -0.546. The van der Waals surface area contributed by atoms with Crippen LogP contribution in [0.3, 0.4) is 0 Å². The van der Waals surface area contributed by atoms with Crippen LogP contribution in [-0.2, 0) is 0 Å².